The fourth-order valence-electron chi connectivity index (χ4n) is 3.65. The van der Waals surface area contributed by atoms with Gasteiger partial charge in [0.2, 0.25) is 5.91 Å². The summed E-state index contributed by atoms with van der Waals surface area (Å²) >= 11 is 1.72. The number of amides is 3. The Kier molecular flexibility index (Phi) is 7.74. The number of urea groups is 1. The van der Waals surface area contributed by atoms with Crippen molar-refractivity contribution >= 4 is 23.3 Å². The molecule has 0 fully saturated rings. The number of hydrogen-bond donors (Lipinski definition) is 1. The summed E-state index contributed by atoms with van der Waals surface area (Å²) in [5.74, 6) is 0.694. The molecule has 0 saturated heterocycles. The van der Waals surface area contributed by atoms with Crippen LogP contribution < -0.4 is 10.1 Å². The average molecular weight is 442 g/mol. The molecule has 31 heavy (non-hydrogen) atoms. The van der Waals surface area contributed by atoms with E-state index in [1.807, 2.05) is 49.9 Å². The van der Waals surface area contributed by atoms with Gasteiger partial charge in [-0.1, -0.05) is 23.8 Å². The molecule has 166 valence electrons. The van der Waals surface area contributed by atoms with Crippen LogP contribution >= 0.6 is 11.3 Å². The number of benzene rings is 1. The minimum Gasteiger partial charge on any atom is -0.491 e. The lowest BCUT2D eigenvalue weighted by atomic mass is 10.0. The Morgan fingerprint density at radius 2 is 2.06 bits per heavy atom. The third-order valence-corrected chi connectivity index (χ3v) is 6.22. The van der Waals surface area contributed by atoms with E-state index in [0.29, 0.717) is 19.7 Å². The lowest BCUT2D eigenvalue weighted by Crippen LogP contribution is -2.50. The van der Waals surface area contributed by atoms with Crippen LogP contribution in [-0.2, 0) is 11.2 Å². The van der Waals surface area contributed by atoms with Crippen LogP contribution in [0.1, 0.15) is 35.9 Å². The molecular formula is C24H31N3O3S. The van der Waals surface area contributed by atoms with Crippen LogP contribution in [0.3, 0.4) is 0 Å². The summed E-state index contributed by atoms with van der Waals surface area (Å²) in [7, 11) is 0. The maximum Gasteiger partial charge on any atom is 0.318 e. The van der Waals surface area contributed by atoms with Gasteiger partial charge in [0, 0.05) is 24.0 Å². The predicted octanol–water partition coefficient (Wildman–Crippen LogP) is 4.17. The number of hydrogen-bond acceptors (Lipinski definition) is 4. The Morgan fingerprint density at radius 1 is 1.32 bits per heavy atom. The summed E-state index contributed by atoms with van der Waals surface area (Å²) in [4.78, 5) is 30.4. The van der Waals surface area contributed by atoms with E-state index in [1.165, 1.54) is 15.3 Å². The van der Waals surface area contributed by atoms with Gasteiger partial charge < -0.3 is 19.9 Å². The van der Waals surface area contributed by atoms with Crippen molar-refractivity contribution in [3.8, 4) is 5.75 Å². The molecule has 3 amide bonds. The van der Waals surface area contributed by atoms with Crippen LogP contribution in [0, 0.1) is 6.92 Å². The fourth-order valence-corrected chi connectivity index (χ4v) is 4.58. The van der Waals surface area contributed by atoms with Crippen LogP contribution in [0.15, 0.2) is 48.4 Å². The Balaban J connectivity index is 1.75. The molecule has 1 atom stereocenters. The third-order valence-electron chi connectivity index (χ3n) is 5.22. The molecule has 0 spiro atoms. The summed E-state index contributed by atoms with van der Waals surface area (Å²) < 4.78 is 6.06. The molecule has 2 aromatic rings. The first kappa shape index (κ1) is 22.9. The quantitative estimate of drug-likeness (QED) is 0.626. The lowest BCUT2D eigenvalue weighted by Gasteiger charge is -2.37. The van der Waals surface area contributed by atoms with Crippen LogP contribution in [0.4, 0.5) is 4.79 Å². The number of thiophene rings is 1. The zero-order valence-corrected chi connectivity index (χ0v) is 19.3. The second kappa shape index (κ2) is 10.5. The molecule has 2 heterocycles. The number of ether oxygens (including phenoxy) is 1. The second-order valence-electron chi connectivity index (χ2n) is 8.05. The molecule has 6 nitrogen and oxygen atoms in total. The van der Waals surface area contributed by atoms with Gasteiger partial charge in [0.25, 0.3) is 0 Å². The van der Waals surface area contributed by atoms with E-state index in [9.17, 15) is 9.59 Å². The van der Waals surface area contributed by atoms with Gasteiger partial charge in [-0.15, -0.1) is 17.9 Å². The number of nitrogens with one attached hydrogen (secondary N) is 1. The highest BCUT2D eigenvalue weighted by Gasteiger charge is 2.33. The molecule has 1 aromatic carbocycles. The number of aryl methyl sites for hydroxylation is 1. The van der Waals surface area contributed by atoms with Gasteiger partial charge in [0.05, 0.1) is 6.04 Å². The molecule has 3 rings (SSSR count). The van der Waals surface area contributed by atoms with Crippen molar-refractivity contribution in [3.63, 3.8) is 0 Å². The van der Waals surface area contributed by atoms with Crippen LogP contribution in [0.2, 0.25) is 0 Å². The Morgan fingerprint density at radius 3 is 2.74 bits per heavy atom. The minimum absolute atomic E-state index is 0.00504. The fraction of sp³-hybridized carbons (Fsp3) is 0.417. The minimum atomic E-state index is -0.260. The van der Waals surface area contributed by atoms with Crippen molar-refractivity contribution in [2.45, 2.75) is 39.3 Å². The Hall–Kier alpha value is -2.80. The molecule has 1 unspecified atom stereocenters. The van der Waals surface area contributed by atoms with E-state index in [4.69, 9.17) is 4.74 Å². The largest absolute Gasteiger partial charge is 0.491 e. The Labute approximate surface area is 188 Å². The van der Waals surface area contributed by atoms with E-state index in [1.54, 1.807) is 17.4 Å². The highest BCUT2D eigenvalue weighted by atomic mass is 32.1. The van der Waals surface area contributed by atoms with Crippen LogP contribution in [-0.4, -0.2) is 54.0 Å². The molecule has 1 aliphatic heterocycles. The van der Waals surface area contributed by atoms with Crippen molar-refractivity contribution in [3.05, 3.63) is 64.4 Å². The summed E-state index contributed by atoms with van der Waals surface area (Å²) in [6, 6.07) is 9.54. The summed E-state index contributed by atoms with van der Waals surface area (Å²) in [5, 5.41) is 4.92. The molecule has 0 aliphatic carbocycles. The van der Waals surface area contributed by atoms with E-state index >= 15 is 0 Å². The summed E-state index contributed by atoms with van der Waals surface area (Å²) in [6.45, 7) is 10.9. The van der Waals surface area contributed by atoms with E-state index < -0.39 is 0 Å². The summed E-state index contributed by atoms with van der Waals surface area (Å²) in [5.41, 5.74) is 2.31. The third kappa shape index (κ3) is 5.88. The molecule has 1 aromatic heterocycles. The normalized spacial score (nSPS) is 15.4. The highest BCUT2D eigenvalue weighted by Crippen LogP contribution is 2.34. The zero-order chi connectivity index (χ0) is 22.4. The number of nitrogens with zero attached hydrogens (tertiary/aromatic N) is 2. The van der Waals surface area contributed by atoms with E-state index in [2.05, 4.69) is 23.3 Å². The van der Waals surface area contributed by atoms with Gasteiger partial charge in [-0.05, 0) is 56.3 Å². The highest BCUT2D eigenvalue weighted by molar-refractivity contribution is 7.10. The van der Waals surface area contributed by atoms with Gasteiger partial charge >= 0.3 is 6.03 Å². The van der Waals surface area contributed by atoms with Crippen molar-refractivity contribution < 1.29 is 14.3 Å². The zero-order valence-electron chi connectivity index (χ0n) is 18.5. The van der Waals surface area contributed by atoms with Crippen LogP contribution in [0.5, 0.6) is 5.75 Å². The Bertz CT molecular complexity index is 907. The van der Waals surface area contributed by atoms with Crippen molar-refractivity contribution in [2.75, 3.05) is 26.2 Å². The lowest BCUT2D eigenvalue weighted by molar-refractivity contribution is -0.135. The first-order valence-electron chi connectivity index (χ1n) is 10.6. The number of rotatable bonds is 8. The van der Waals surface area contributed by atoms with Crippen molar-refractivity contribution in [2.24, 2.45) is 0 Å². The average Bonchev–Trinajstić information content (AvgIpc) is 3.21. The molecule has 0 bridgehead atoms. The molecule has 1 N–H and O–H groups in total. The maximum atomic E-state index is 13.3. The molecule has 7 heteroatoms. The van der Waals surface area contributed by atoms with Crippen molar-refractivity contribution in [1.82, 2.24) is 15.1 Å². The van der Waals surface area contributed by atoms with Crippen molar-refractivity contribution in [1.29, 1.82) is 0 Å². The second-order valence-corrected chi connectivity index (χ2v) is 9.05. The number of carbonyl (C=O) groups is 2. The summed E-state index contributed by atoms with van der Waals surface area (Å²) in [6.07, 6.45) is 2.46. The predicted molar refractivity (Wildman–Crippen MR) is 125 cm³/mol. The molecule has 0 radical (unpaired) electrons. The number of fused-ring (bicyclic) bond motifs is 1. The SMILES string of the molecule is C=CCN(CC(=O)N1CCc2sccc2C1COc1ccc(C)cc1)C(=O)NC(C)C. The standard InChI is InChI=1S/C24H31N3O3S/c1-5-12-26(24(29)25-17(2)3)15-23(28)27-13-10-22-20(11-14-31-22)21(27)16-30-19-8-6-18(4)7-9-19/h5-9,11,14,17,21H,1,10,12-13,15-16H2,2-4H3,(H,25,29). The molecule has 0 saturated carbocycles. The van der Waals surface area contributed by atoms with Gasteiger partial charge in [0.15, 0.2) is 0 Å². The van der Waals surface area contributed by atoms with Gasteiger partial charge in [-0.3, -0.25) is 4.79 Å². The maximum absolute atomic E-state index is 13.3. The first-order chi connectivity index (χ1) is 14.9. The molecular weight excluding hydrogens is 410 g/mol. The first-order valence-corrected chi connectivity index (χ1v) is 11.5. The van der Waals surface area contributed by atoms with Gasteiger partial charge in [0.1, 0.15) is 18.9 Å². The number of carbonyl (C=O) groups excluding carboxylic acids is 2. The van der Waals surface area contributed by atoms with E-state index in [0.717, 1.165) is 17.7 Å². The smallest absolute Gasteiger partial charge is 0.318 e. The monoisotopic (exact) mass is 441 g/mol. The van der Waals surface area contributed by atoms with E-state index in [-0.39, 0.29) is 30.6 Å². The van der Waals surface area contributed by atoms with Gasteiger partial charge in [-0.2, -0.15) is 0 Å². The topological polar surface area (TPSA) is 61.9 Å². The van der Waals surface area contributed by atoms with Crippen LogP contribution in [0.25, 0.3) is 0 Å². The molecule has 1 aliphatic rings. The van der Waals surface area contributed by atoms with Gasteiger partial charge in [-0.25, -0.2) is 4.79 Å².